The highest BCUT2D eigenvalue weighted by Crippen LogP contribution is 2.37. The Morgan fingerprint density at radius 3 is 2.59 bits per heavy atom. The van der Waals surface area contributed by atoms with Crippen LogP contribution in [0.1, 0.15) is 35.5 Å². The quantitative estimate of drug-likeness (QED) is 0.524. The molecule has 8 nitrogen and oxygen atoms in total. The third-order valence-corrected chi connectivity index (χ3v) is 6.45. The topological polar surface area (TPSA) is 114 Å². The molecular weight excluding hydrogens is 426 g/mol. The highest BCUT2D eigenvalue weighted by atomic mass is 32.1. The van der Waals surface area contributed by atoms with Crippen LogP contribution in [0.4, 0.5) is 16.6 Å². The van der Waals surface area contributed by atoms with E-state index in [9.17, 15) is 9.90 Å². The van der Waals surface area contributed by atoms with Crippen LogP contribution in [-0.2, 0) is 10.3 Å². The number of carbonyl (C=O) groups is 1. The summed E-state index contributed by atoms with van der Waals surface area (Å²) in [6, 6.07) is 9.37. The van der Waals surface area contributed by atoms with E-state index in [0.29, 0.717) is 35.3 Å². The largest absolute Gasteiger partial charge is 0.386 e. The number of thiophene rings is 1. The monoisotopic (exact) mass is 453 g/mol. The fraction of sp³-hybridized carbons (Fsp3) is 0.348. The van der Waals surface area contributed by atoms with Gasteiger partial charge in [-0.3, -0.25) is 4.79 Å². The molecule has 1 aliphatic heterocycles. The number of amides is 1. The number of nitrogens with one attached hydrogen (secondary N) is 1. The average molecular weight is 454 g/mol. The van der Waals surface area contributed by atoms with Crippen LogP contribution in [0.2, 0.25) is 0 Å². The number of hydrogen-bond donors (Lipinski definition) is 3. The van der Waals surface area contributed by atoms with Crippen LogP contribution >= 0.6 is 11.3 Å². The lowest BCUT2D eigenvalue weighted by molar-refractivity contribution is 0.0775. The average Bonchev–Trinajstić information content (AvgIpc) is 3.18. The van der Waals surface area contributed by atoms with E-state index in [1.807, 2.05) is 31.3 Å². The number of primary amides is 1. The van der Waals surface area contributed by atoms with Crippen molar-refractivity contribution in [2.45, 2.75) is 26.4 Å². The predicted molar refractivity (Wildman–Crippen MR) is 127 cm³/mol. The summed E-state index contributed by atoms with van der Waals surface area (Å²) in [7, 11) is 0. The third kappa shape index (κ3) is 4.74. The van der Waals surface area contributed by atoms with Crippen molar-refractivity contribution in [1.29, 1.82) is 0 Å². The zero-order valence-electron chi connectivity index (χ0n) is 18.4. The van der Waals surface area contributed by atoms with Crippen LogP contribution in [0.3, 0.4) is 0 Å². The predicted octanol–water partition coefficient (Wildman–Crippen LogP) is 3.42. The molecule has 1 saturated heterocycles. The fourth-order valence-corrected chi connectivity index (χ4v) is 4.77. The van der Waals surface area contributed by atoms with Crippen LogP contribution in [-0.4, -0.2) is 47.3 Å². The minimum absolute atomic E-state index is 0.397. The van der Waals surface area contributed by atoms with Crippen molar-refractivity contribution in [2.75, 3.05) is 36.5 Å². The Kier molecular flexibility index (Phi) is 6.14. The number of anilines is 3. The second-order valence-corrected chi connectivity index (χ2v) is 9.29. The molecule has 0 aromatic carbocycles. The molecule has 0 saturated carbocycles. The first kappa shape index (κ1) is 22.2. The highest BCUT2D eigenvalue weighted by molar-refractivity contribution is 7.19. The summed E-state index contributed by atoms with van der Waals surface area (Å²) < 4.78 is 5.40. The first-order valence-corrected chi connectivity index (χ1v) is 11.2. The third-order valence-electron chi connectivity index (χ3n) is 5.35. The second-order valence-electron chi connectivity index (χ2n) is 8.24. The van der Waals surface area contributed by atoms with Crippen LogP contribution in [0.15, 0.2) is 36.5 Å². The molecule has 32 heavy (non-hydrogen) atoms. The fourth-order valence-electron chi connectivity index (χ4n) is 3.71. The molecule has 4 N–H and O–H groups in total. The van der Waals surface area contributed by atoms with Gasteiger partial charge in [0.25, 0.3) is 5.91 Å². The molecular formula is C23H27N5O3S. The number of nitrogens with zero attached hydrogens (tertiary/aromatic N) is 3. The van der Waals surface area contributed by atoms with E-state index in [2.05, 4.69) is 20.2 Å². The Balaban J connectivity index is 1.59. The molecule has 1 amide bonds. The van der Waals surface area contributed by atoms with Gasteiger partial charge in [0.05, 0.1) is 24.4 Å². The second kappa shape index (κ2) is 8.85. The van der Waals surface area contributed by atoms with Crippen molar-refractivity contribution < 1.29 is 14.6 Å². The van der Waals surface area contributed by atoms with Crippen molar-refractivity contribution in [3.63, 3.8) is 0 Å². The van der Waals surface area contributed by atoms with Crippen LogP contribution < -0.4 is 16.0 Å². The minimum atomic E-state index is -0.982. The molecule has 1 aliphatic rings. The number of ether oxygens (including phenoxy) is 1. The smallest absolute Gasteiger partial charge is 0.251 e. The maximum absolute atomic E-state index is 12.1. The Bertz CT molecular complexity index is 1120. The van der Waals surface area contributed by atoms with E-state index in [1.165, 1.54) is 11.3 Å². The van der Waals surface area contributed by atoms with Gasteiger partial charge in [-0.2, -0.15) is 0 Å². The van der Waals surface area contributed by atoms with Gasteiger partial charge in [-0.25, -0.2) is 9.97 Å². The van der Waals surface area contributed by atoms with E-state index in [1.54, 1.807) is 26.0 Å². The highest BCUT2D eigenvalue weighted by Gasteiger charge is 2.21. The summed E-state index contributed by atoms with van der Waals surface area (Å²) in [5.41, 5.74) is 7.41. The van der Waals surface area contributed by atoms with Gasteiger partial charge < -0.3 is 25.8 Å². The van der Waals surface area contributed by atoms with Crippen molar-refractivity contribution in [2.24, 2.45) is 5.73 Å². The molecule has 0 spiro atoms. The van der Waals surface area contributed by atoms with Crippen molar-refractivity contribution in [1.82, 2.24) is 9.97 Å². The molecule has 0 atom stereocenters. The van der Waals surface area contributed by atoms with E-state index in [-0.39, 0.29) is 0 Å². The van der Waals surface area contributed by atoms with Crippen LogP contribution in [0.5, 0.6) is 0 Å². The number of hydrogen-bond acceptors (Lipinski definition) is 8. The van der Waals surface area contributed by atoms with Crippen molar-refractivity contribution in [3.8, 4) is 10.4 Å². The molecule has 0 bridgehead atoms. The molecule has 0 unspecified atom stereocenters. The number of aliphatic hydroxyl groups is 1. The first-order chi connectivity index (χ1) is 15.2. The summed E-state index contributed by atoms with van der Waals surface area (Å²) in [6.07, 6.45) is 1.81. The zero-order valence-corrected chi connectivity index (χ0v) is 19.2. The molecule has 1 fully saturated rings. The summed E-state index contributed by atoms with van der Waals surface area (Å²) in [4.78, 5) is 24.3. The van der Waals surface area contributed by atoms with Crippen LogP contribution in [0, 0.1) is 6.92 Å². The normalized spacial score (nSPS) is 14.4. The number of aryl methyl sites for hydroxylation is 1. The maximum Gasteiger partial charge on any atom is 0.251 e. The summed E-state index contributed by atoms with van der Waals surface area (Å²) in [5, 5.41) is 14.1. The minimum Gasteiger partial charge on any atom is -0.386 e. The zero-order chi connectivity index (χ0) is 22.9. The molecule has 3 aromatic rings. The van der Waals surface area contributed by atoms with Gasteiger partial charge in [0.15, 0.2) is 0 Å². The number of nitrogens with two attached hydrogens (primary N) is 1. The van der Waals surface area contributed by atoms with Gasteiger partial charge in [0.2, 0.25) is 0 Å². The first-order valence-electron chi connectivity index (χ1n) is 10.4. The maximum atomic E-state index is 12.1. The van der Waals surface area contributed by atoms with E-state index in [0.717, 1.165) is 34.9 Å². The Morgan fingerprint density at radius 2 is 2.00 bits per heavy atom. The van der Waals surface area contributed by atoms with Gasteiger partial charge >= 0.3 is 0 Å². The summed E-state index contributed by atoms with van der Waals surface area (Å²) >= 11 is 1.42. The van der Waals surface area contributed by atoms with E-state index in [4.69, 9.17) is 10.5 Å². The van der Waals surface area contributed by atoms with Gasteiger partial charge in [-0.15, -0.1) is 11.3 Å². The molecule has 168 valence electrons. The number of carbonyl (C=O) groups excluding carboxylic acids is 1. The van der Waals surface area contributed by atoms with Gasteiger partial charge in [-0.1, -0.05) is 6.07 Å². The van der Waals surface area contributed by atoms with Crippen molar-refractivity contribution >= 4 is 33.9 Å². The summed E-state index contributed by atoms with van der Waals surface area (Å²) in [6.45, 7) is 8.34. The number of pyridine rings is 2. The van der Waals surface area contributed by atoms with Crippen molar-refractivity contribution in [3.05, 3.63) is 53.3 Å². The number of morpholine rings is 1. The lowest BCUT2D eigenvalue weighted by Crippen LogP contribution is -2.36. The molecule has 9 heteroatoms. The van der Waals surface area contributed by atoms with Gasteiger partial charge in [-0.05, 0) is 45.0 Å². The van der Waals surface area contributed by atoms with Gasteiger partial charge in [0.1, 0.15) is 16.6 Å². The molecule has 0 aliphatic carbocycles. The Hall–Kier alpha value is -3.01. The molecule has 3 aromatic heterocycles. The lowest BCUT2D eigenvalue weighted by atomic mass is 9.97. The van der Waals surface area contributed by atoms with Crippen LogP contribution in [0.25, 0.3) is 10.4 Å². The van der Waals surface area contributed by atoms with E-state index < -0.39 is 11.5 Å². The number of aromatic nitrogens is 2. The lowest BCUT2D eigenvalue weighted by Gasteiger charge is -2.27. The Labute approximate surface area is 191 Å². The standard InChI is InChI=1S/C23H27N5O3S/c1-14-17(23(2,3)30)5-6-19(26-14)27-22-16(21(24)29)12-18(32-22)15-4-7-20(25-13-15)28-8-10-31-11-9-28/h4-7,12-13,30H,8-11H2,1-3H3,(H2,24,29)(H,26,27). The van der Waals surface area contributed by atoms with E-state index >= 15 is 0 Å². The van der Waals surface area contributed by atoms with Gasteiger partial charge in [0, 0.05) is 41.0 Å². The number of rotatable bonds is 6. The molecule has 4 heterocycles. The SMILES string of the molecule is Cc1nc(Nc2sc(-c3ccc(N4CCOCC4)nc3)cc2C(N)=O)ccc1C(C)(C)O. The summed E-state index contributed by atoms with van der Waals surface area (Å²) in [5.74, 6) is 0.971. The Morgan fingerprint density at radius 1 is 1.25 bits per heavy atom. The molecule has 0 radical (unpaired) electrons. The molecule has 4 rings (SSSR count).